The SMILES string of the molecule is Cc1ccc(CNC(=O)NC(CCCCN)C(=O)O)cc1. The van der Waals surface area contributed by atoms with Gasteiger partial charge in [0, 0.05) is 6.54 Å². The molecular weight excluding hydrogens is 270 g/mol. The van der Waals surface area contributed by atoms with Crippen molar-refractivity contribution in [3.63, 3.8) is 0 Å². The maximum atomic E-state index is 11.7. The van der Waals surface area contributed by atoms with Gasteiger partial charge < -0.3 is 21.5 Å². The summed E-state index contributed by atoms with van der Waals surface area (Å²) in [5.41, 5.74) is 7.48. The smallest absolute Gasteiger partial charge is 0.326 e. The van der Waals surface area contributed by atoms with Crippen molar-refractivity contribution >= 4 is 12.0 Å². The van der Waals surface area contributed by atoms with Gasteiger partial charge in [-0.3, -0.25) is 0 Å². The molecule has 0 spiro atoms. The number of nitrogens with two attached hydrogens (primary N) is 1. The van der Waals surface area contributed by atoms with E-state index in [1.165, 1.54) is 0 Å². The molecule has 0 fully saturated rings. The molecule has 5 N–H and O–H groups in total. The molecule has 1 aromatic rings. The second-order valence-corrected chi connectivity index (χ2v) is 4.99. The predicted octanol–water partition coefficient (Wildman–Crippen LogP) is 1.38. The summed E-state index contributed by atoms with van der Waals surface area (Å²) >= 11 is 0. The maximum Gasteiger partial charge on any atom is 0.326 e. The summed E-state index contributed by atoms with van der Waals surface area (Å²) in [7, 11) is 0. The summed E-state index contributed by atoms with van der Waals surface area (Å²) < 4.78 is 0. The zero-order valence-corrected chi connectivity index (χ0v) is 12.3. The molecule has 0 aliphatic rings. The van der Waals surface area contributed by atoms with Gasteiger partial charge >= 0.3 is 12.0 Å². The van der Waals surface area contributed by atoms with Crippen LogP contribution in [0.4, 0.5) is 4.79 Å². The van der Waals surface area contributed by atoms with Crippen molar-refractivity contribution in [1.82, 2.24) is 10.6 Å². The van der Waals surface area contributed by atoms with E-state index >= 15 is 0 Å². The summed E-state index contributed by atoms with van der Waals surface area (Å²) in [6.07, 6.45) is 1.80. The molecule has 2 amide bonds. The molecule has 0 saturated carbocycles. The van der Waals surface area contributed by atoms with Gasteiger partial charge in [-0.15, -0.1) is 0 Å². The fourth-order valence-electron chi connectivity index (χ4n) is 1.85. The molecule has 6 heteroatoms. The van der Waals surface area contributed by atoms with E-state index in [1.54, 1.807) is 0 Å². The van der Waals surface area contributed by atoms with E-state index in [9.17, 15) is 9.59 Å². The number of amides is 2. The Bertz CT molecular complexity index is 460. The van der Waals surface area contributed by atoms with Gasteiger partial charge in [0.25, 0.3) is 0 Å². The van der Waals surface area contributed by atoms with Crippen LogP contribution in [0.3, 0.4) is 0 Å². The number of benzene rings is 1. The van der Waals surface area contributed by atoms with Gasteiger partial charge in [0.2, 0.25) is 0 Å². The number of nitrogens with one attached hydrogen (secondary N) is 2. The van der Waals surface area contributed by atoms with E-state index in [0.717, 1.165) is 17.5 Å². The summed E-state index contributed by atoms with van der Waals surface area (Å²) in [6, 6.07) is 6.41. The van der Waals surface area contributed by atoms with E-state index < -0.39 is 18.0 Å². The molecular formula is C15H23N3O3. The van der Waals surface area contributed by atoms with E-state index in [0.29, 0.717) is 25.9 Å². The van der Waals surface area contributed by atoms with Gasteiger partial charge in [-0.2, -0.15) is 0 Å². The second kappa shape index (κ2) is 8.97. The highest BCUT2D eigenvalue weighted by Crippen LogP contribution is 2.03. The molecule has 1 atom stereocenters. The van der Waals surface area contributed by atoms with E-state index in [4.69, 9.17) is 10.8 Å². The first-order valence-corrected chi connectivity index (χ1v) is 7.05. The summed E-state index contributed by atoms with van der Waals surface area (Å²) in [5, 5.41) is 14.2. The second-order valence-electron chi connectivity index (χ2n) is 4.99. The Labute approximate surface area is 124 Å². The monoisotopic (exact) mass is 293 g/mol. The molecule has 0 bridgehead atoms. The van der Waals surface area contributed by atoms with Crippen LogP contribution in [0.5, 0.6) is 0 Å². The van der Waals surface area contributed by atoms with Crippen molar-refractivity contribution in [2.75, 3.05) is 6.54 Å². The molecule has 1 rings (SSSR count). The third kappa shape index (κ3) is 6.76. The van der Waals surface area contributed by atoms with Gasteiger partial charge in [0.1, 0.15) is 6.04 Å². The lowest BCUT2D eigenvalue weighted by Gasteiger charge is -2.15. The van der Waals surface area contributed by atoms with Crippen molar-refractivity contribution in [1.29, 1.82) is 0 Å². The van der Waals surface area contributed by atoms with E-state index in [2.05, 4.69) is 10.6 Å². The molecule has 1 unspecified atom stereocenters. The predicted molar refractivity (Wildman–Crippen MR) is 80.9 cm³/mol. The van der Waals surface area contributed by atoms with Crippen molar-refractivity contribution in [3.8, 4) is 0 Å². The lowest BCUT2D eigenvalue weighted by molar-refractivity contribution is -0.139. The van der Waals surface area contributed by atoms with Crippen LogP contribution in [-0.2, 0) is 11.3 Å². The number of unbranched alkanes of at least 4 members (excludes halogenated alkanes) is 1. The molecule has 1 aromatic carbocycles. The van der Waals surface area contributed by atoms with Gasteiger partial charge in [-0.1, -0.05) is 29.8 Å². The van der Waals surface area contributed by atoms with Gasteiger partial charge in [-0.25, -0.2) is 9.59 Å². The van der Waals surface area contributed by atoms with Crippen molar-refractivity contribution in [2.45, 2.75) is 38.8 Å². The zero-order chi connectivity index (χ0) is 15.7. The Morgan fingerprint density at radius 2 is 1.90 bits per heavy atom. The van der Waals surface area contributed by atoms with Crippen LogP contribution in [0, 0.1) is 6.92 Å². The highest BCUT2D eigenvalue weighted by atomic mass is 16.4. The topological polar surface area (TPSA) is 104 Å². The van der Waals surface area contributed by atoms with Crippen LogP contribution >= 0.6 is 0 Å². The highest BCUT2D eigenvalue weighted by molar-refractivity contribution is 5.82. The summed E-state index contributed by atoms with van der Waals surface area (Å²) in [6.45, 7) is 2.87. The minimum absolute atomic E-state index is 0.362. The molecule has 6 nitrogen and oxygen atoms in total. The Morgan fingerprint density at radius 1 is 1.24 bits per heavy atom. The maximum absolute atomic E-state index is 11.7. The molecule has 0 heterocycles. The molecule has 0 radical (unpaired) electrons. The fourth-order valence-corrected chi connectivity index (χ4v) is 1.85. The third-order valence-electron chi connectivity index (χ3n) is 3.12. The van der Waals surface area contributed by atoms with Crippen LogP contribution in [0.2, 0.25) is 0 Å². The molecule has 21 heavy (non-hydrogen) atoms. The largest absolute Gasteiger partial charge is 0.480 e. The van der Waals surface area contributed by atoms with Crippen molar-refractivity contribution in [2.24, 2.45) is 5.73 Å². The number of hydrogen-bond acceptors (Lipinski definition) is 3. The van der Waals surface area contributed by atoms with Gasteiger partial charge in [0.15, 0.2) is 0 Å². The number of urea groups is 1. The minimum Gasteiger partial charge on any atom is -0.480 e. The van der Waals surface area contributed by atoms with Gasteiger partial charge in [0.05, 0.1) is 0 Å². The van der Waals surface area contributed by atoms with Crippen LogP contribution < -0.4 is 16.4 Å². The number of carboxylic acids is 1. The molecule has 116 valence electrons. The number of aryl methyl sites for hydroxylation is 1. The number of hydrogen-bond donors (Lipinski definition) is 4. The first-order valence-electron chi connectivity index (χ1n) is 7.05. The van der Waals surface area contributed by atoms with Gasteiger partial charge in [-0.05, 0) is 38.3 Å². The first kappa shape index (κ1) is 17.0. The fraction of sp³-hybridized carbons (Fsp3) is 0.467. The highest BCUT2D eigenvalue weighted by Gasteiger charge is 2.18. The number of carbonyl (C=O) groups excluding carboxylic acids is 1. The lowest BCUT2D eigenvalue weighted by atomic mass is 10.1. The Morgan fingerprint density at radius 3 is 2.48 bits per heavy atom. The minimum atomic E-state index is -1.03. The van der Waals surface area contributed by atoms with Crippen LogP contribution in [0.25, 0.3) is 0 Å². The van der Waals surface area contributed by atoms with Crippen molar-refractivity contribution in [3.05, 3.63) is 35.4 Å². The Kier molecular flexibility index (Phi) is 7.25. The molecule has 0 aromatic heterocycles. The third-order valence-corrected chi connectivity index (χ3v) is 3.12. The number of rotatable bonds is 8. The normalized spacial score (nSPS) is 11.7. The number of carboxylic acid groups (broad SMARTS) is 1. The first-order chi connectivity index (χ1) is 10.0. The Hall–Kier alpha value is -2.08. The Balaban J connectivity index is 2.39. The summed E-state index contributed by atoms with van der Waals surface area (Å²) in [4.78, 5) is 22.8. The average molecular weight is 293 g/mol. The lowest BCUT2D eigenvalue weighted by Crippen LogP contribution is -2.45. The standard InChI is InChI=1S/C15H23N3O3/c1-11-5-7-12(8-6-11)10-17-15(21)18-13(14(19)20)4-2-3-9-16/h5-8,13H,2-4,9-10,16H2,1H3,(H,19,20)(H2,17,18,21). The van der Waals surface area contributed by atoms with Crippen LogP contribution in [0.15, 0.2) is 24.3 Å². The van der Waals surface area contributed by atoms with E-state index in [-0.39, 0.29) is 0 Å². The molecule has 0 aliphatic heterocycles. The van der Waals surface area contributed by atoms with Crippen LogP contribution in [0.1, 0.15) is 30.4 Å². The zero-order valence-electron chi connectivity index (χ0n) is 12.3. The van der Waals surface area contributed by atoms with E-state index in [1.807, 2.05) is 31.2 Å². The molecule has 0 saturated heterocycles. The summed E-state index contributed by atoms with van der Waals surface area (Å²) in [5.74, 6) is -1.03. The number of carbonyl (C=O) groups is 2. The molecule has 0 aliphatic carbocycles. The van der Waals surface area contributed by atoms with Crippen LogP contribution in [-0.4, -0.2) is 29.7 Å². The number of aliphatic carboxylic acids is 1. The average Bonchev–Trinajstić information content (AvgIpc) is 2.45. The quantitative estimate of drug-likeness (QED) is 0.543. The van der Waals surface area contributed by atoms with Crippen molar-refractivity contribution < 1.29 is 14.7 Å².